The van der Waals surface area contributed by atoms with Gasteiger partial charge in [0.1, 0.15) is 10.9 Å². The summed E-state index contributed by atoms with van der Waals surface area (Å²) in [5.74, 6) is 1.46. The number of rotatable bonds is 1. The van der Waals surface area contributed by atoms with Crippen molar-refractivity contribution in [3.8, 4) is 0 Å². The number of allylic oxidation sites excluding steroid dienone is 1. The van der Waals surface area contributed by atoms with Crippen LogP contribution in [0.4, 0.5) is 0 Å². The zero-order valence-corrected chi connectivity index (χ0v) is 10.5. The fourth-order valence-electron chi connectivity index (χ4n) is 1.35. The SMILES string of the molecule is Cl.NC1=C(CCl)NC(=C2NCCCN2)S1. The standard InChI is InChI=1S/C8H13ClN4S.ClH/c9-4-5-6(10)14-8(13-5)7-11-2-1-3-12-7;/h11-13H,1-4,10H2;1H. The number of hydrogen-bond acceptors (Lipinski definition) is 5. The smallest absolute Gasteiger partial charge is 0.130 e. The molecule has 15 heavy (non-hydrogen) atoms. The molecule has 0 bridgehead atoms. The summed E-state index contributed by atoms with van der Waals surface area (Å²) in [6.07, 6.45) is 1.15. The highest BCUT2D eigenvalue weighted by atomic mass is 35.5. The maximum atomic E-state index is 5.79. The van der Waals surface area contributed by atoms with Gasteiger partial charge in [-0.15, -0.1) is 24.0 Å². The van der Waals surface area contributed by atoms with Gasteiger partial charge in [-0.25, -0.2) is 0 Å². The Bertz CT molecular complexity index is 295. The molecular formula is C8H14Cl2N4S. The topological polar surface area (TPSA) is 62.1 Å². The number of nitrogens with two attached hydrogens (primary N) is 1. The third-order valence-electron chi connectivity index (χ3n) is 2.09. The molecule has 4 nitrogen and oxygen atoms in total. The number of halogens is 2. The third kappa shape index (κ3) is 2.80. The van der Waals surface area contributed by atoms with E-state index >= 15 is 0 Å². The van der Waals surface area contributed by atoms with Crippen LogP contribution in [0.3, 0.4) is 0 Å². The lowest BCUT2D eigenvalue weighted by Crippen LogP contribution is -2.37. The van der Waals surface area contributed by atoms with E-state index in [1.807, 2.05) is 0 Å². The second-order valence-electron chi connectivity index (χ2n) is 3.11. The summed E-state index contributed by atoms with van der Waals surface area (Å²) in [5, 5.41) is 11.6. The average molecular weight is 269 g/mol. The highest BCUT2D eigenvalue weighted by molar-refractivity contribution is 8.06. The van der Waals surface area contributed by atoms with Crippen LogP contribution in [-0.2, 0) is 0 Å². The predicted molar refractivity (Wildman–Crippen MR) is 67.6 cm³/mol. The summed E-state index contributed by atoms with van der Waals surface area (Å²) < 4.78 is 0. The molecule has 0 spiro atoms. The van der Waals surface area contributed by atoms with E-state index in [0.29, 0.717) is 5.88 Å². The van der Waals surface area contributed by atoms with E-state index in [0.717, 1.165) is 41.1 Å². The van der Waals surface area contributed by atoms with Gasteiger partial charge in [-0.2, -0.15) is 0 Å². The Balaban J connectivity index is 0.00000112. The molecule has 2 rings (SSSR count). The van der Waals surface area contributed by atoms with Gasteiger partial charge >= 0.3 is 0 Å². The maximum absolute atomic E-state index is 5.79. The van der Waals surface area contributed by atoms with Crippen LogP contribution >= 0.6 is 35.8 Å². The summed E-state index contributed by atoms with van der Waals surface area (Å²) in [6.45, 7) is 2.01. The minimum atomic E-state index is 0. The lowest BCUT2D eigenvalue weighted by molar-refractivity contribution is 0.566. The van der Waals surface area contributed by atoms with Crippen molar-refractivity contribution in [1.29, 1.82) is 0 Å². The Hall–Kier alpha value is -0.390. The molecule has 2 aliphatic heterocycles. The molecule has 5 N–H and O–H groups in total. The maximum Gasteiger partial charge on any atom is 0.130 e. The van der Waals surface area contributed by atoms with Crippen LogP contribution in [0.15, 0.2) is 21.6 Å². The second-order valence-corrected chi connectivity index (χ2v) is 4.43. The van der Waals surface area contributed by atoms with Gasteiger partial charge in [0.25, 0.3) is 0 Å². The molecule has 0 aliphatic carbocycles. The van der Waals surface area contributed by atoms with Crippen molar-refractivity contribution in [3.63, 3.8) is 0 Å². The first-order chi connectivity index (χ1) is 6.81. The lowest BCUT2D eigenvalue weighted by Gasteiger charge is -2.21. The Morgan fingerprint density at radius 2 is 2.00 bits per heavy atom. The molecule has 1 saturated heterocycles. The van der Waals surface area contributed by atoms with Gasteiger partial charge in [-0.1, -0.05) is 0 Å². The first-order valence-corrected chi connectivity index (χ1v) is 5.88. The van der Waals surface area contributed by atoms with Crippen molar-refractivity contribution in [2.24, 2.45) is 5.73 Å². The Kier molecular flexibility index (Phi) is 4.76. The van der Waals surface area contributed by atoms with Gasteiger partial charge < -0.3 is 21.7 Å². The van der Waals surface area contributed by atoms with Crippen LogP contribution in [0, 0.1) is 0 Å². The van der Waals surface area contributed by atoms with Crippen molar-refractivity contribution in [3.05, 3.63) is 21.6 Å². The van der Waals surface area contributed by atoms with Crippen LogP contribution in [0.1, 0.15) is 6.42 Å². The van der Waals surface area contributed by atoms with Gasteiger partial charge in [-0.05, 0) is 18.2 Å². The minimum Gasteiger partial charge on any atom is -0.392 e. The fraction of sp³-hybridized carbons (Fsp3) is 0.500. The summed E-state index contributed by atoms with van der Waals surface area (Å²) in [7, 11) is 0. The lowest BCUT2D eigenvalue weighted by atomic mass is 10.3. The molecule has 2 heterocycles. The van der Waals surface area contributed by atoms with E-state index in [4.69, 9.17) is 17.3 Å². The van der Waals surface area contributed by atoms with Crippen molar-refractivity contribution in [2.75, 3.05) is 19.0 Å². The highest BCUT2D eigenvalue weighted by Gasteiger charge is 2.20. The second kappa shape index (κ2) is 5.63. The van der Waals surface area contributed by atoms with E-state index in [2.05, 4.69) is 16.0 Å². The zero-order valence-electron chi connectivity index (χ0n) is 8.10. The summed E-state index contributed by atoms with van der Waals surface area (Å²) in [5.41, 5.74) is 6.69. The molecule has 86 valence electrons. The van der Waals surface area contributed by atoms with E-state index in [1.165, 1.54) is 11.8 Å². The van der Waals surface area contributed by atoms with Gasteiger partial charge in [0.05, 0.1) is 16.6 Å². The first kappa shape index (κ1) is 12.7. The quantitative estimate of drug-likeness (QED) is 0.531. The molecular weight excluding hydrogens is 255 g/mol. The number of hydrogen-bond donors (Lipinski definition) is 4. The molecule has 0 aromatic heterocycles. The highest BCUT2D eigenvalue weighted by Crippen LogP contribution is 2.31. The Morgan fingerprint density at radius 3 is 2.53 bits per heavy atom. The average Bonchev–Trinajstić information content (AvgIpc) is 2.61. The van der Waals surface area contributed by atoms with Crippen molar-refractivity contribution < 1.29 is 0 Å². The van der Waals surface area contributed by atoms with Gasteiger partial charge in [0.15, 0.2) is 0 Å². The molecule has 7 heteroatoms. The Labute approximate surface area is 104 Å². The van der Waals surface area contributed by atoms with Crippen molar-refractivity contribution >= 4 is 35.8 Å². The molecule has 0 aromatic carbocycles. The normalized spacial score (nSPS) is 20.3. The molecule has 1 fully saturated rings. The van der Waals surface area contributed by atoms with E-state index in [-0.39, 0.29) is 12.4 Å². The molecule has 0 aromatic rings. The van der Waals surface area contributed by atoms with Crippen molar-refractivity contribution in [1.82, 2.24) is 16.0 Å². The van der Waals surface area contributed by atoms with Crippen molar-refractivity contribution in [2.45, 2.75) is 6.42 Å². The fourth-order valence-corrected chi connectivity index (χ4v) is 2.52. The number of thioether (sulfide) groups is 1. The summed E-state index contributed by atoms with van der Waals surface area (Å²) in [4.78, 5) is 0. The Morgan fingerprint density at radius 1 is 1.33 bits per heavy atom. The molecule has 0 unspecified atom stereocenters. The van der Waals surface area contributed by atoms with Gasteiger partial charge in [0.2, 0.25) is 0 Å². The van der Waals surface area contributed by atoms with Crippen LogP contribution in [0.5, 0.6) is 0 Å². The van der Waals surface area contributed by atoms with Crippen LogP contribution in [0.2, 0.25) is 0 Å². The third-order valence-corrected chi connectivity index (χ3v) is 3.34. The van der Waals surface area contributed by atoms with Gasteiger partial charge in [-0.3, -0.25) is 0 Å². The molecule has 0 saturated carbocycles. The van der Waals surface area contributed by atoms with E-state index in [1.54, 1.807) is 0 Å². The minimum absolute atomic E-state index is 0. The van der Waals surface area contributed by atoms with E-state index < -0.39 is 0 Å². The molecule has 0 atom stereocenters. The molecule has 0 radical (unpaired) electrons. The molecule has 0 amide bonds. The van der Waals surface area contributed by atoms with Crippen LogP contribution < -0.4 is 21.7 Å². The van der Waals surface area contributed by atoms with Crippen LogP contribution in [0.25, 0.3) is 0 Å². The zero-order chi connectivity index (χ0) is 9.97. The summed E-state index contributed by atoms with van der Waals surface area (Å²) >= 11 is 7.25. The first-order valence-electron chi connectivity index (χ1n) is 4.52. The van der Waals surface area contributed by atoms with E-state index in [9.17, 15) is 0 Å². The number of nitrogens with one attached hydrogen (secondary N) is 3. The predicted octanol–water partition coefficient (Wildman–Crippen LogP) is 0.821. The van der Waals surface area contributed by atoms with Crippen LogP contribution in [-0.4, -0.2) is 19.0 Å². The largest absolute Gasteiger partial charge is 0.392 e. The number of alkyl halides is 1. The molecule has 2 aliphatic rings. The summed E-state index contributed by atoms with van der Waals surface area (Å²) in [6, 6.07) is 0. The van der Waals surface area contributed by atoms with Gasteiger partial charge in [0, 0.05) is 13.1 Å². The monoisotopic (exact) mass is 268 g/mol.